The van der Waals surface area contributed by atoms with Crippen LogP contribution in [0.1, 0.15) is 18.1 Å². The Morgan fingerprint density at radius 3 is 2.82 bits per heavy atom. The summed E-state index contributed by atoms with van der Waals surface area (Å²) >= 11 is 0. The van der Waals surface area contributed by atoms with Gasteiger partial charge in [0.1, 0.15) is 29.2 Å². The summed E-state index contributed by atoms with van der Waals surface area (Å²) in [7, 11) is 0. The zero-order valence-corrected chi connectivity index (χ0v) is 19.2. The Morgan fingerprint density at radius 1 is 1.21 bits per heavy atom. The summed E-state index contributed by atoms with van der Waals surface area (Å²) in [5.41, 5.74) is 3.30. The fourth-order valence-corrected chi connectivity index (χ4v) is 4.27. The van der Waals surface area contributed by atoms with E-state index in [4.69, 9.17) is 4.74 Å². The molecule has 3 N–H and O–H groups in total. The molecule has 9 nitrogen and oxygen atoms in total. The van der Waals surface area contributed by atoms with Crippen LogP contribution in [0.2, 0.25) is 0 Å². The van der Waals surface area contributed by atoms with Gasteiger partial charge >= 0.3 is 0 Å². The van der Waals surface area contributed by atoms with Crippen LogP contribution in [0.5, 0.6) is 11.5 Å². The number of pyridine rings is 1. The van der Waals surface area contributed by atoms with E-state index < -0.39 is 5.60 Å². The molecule has 4 heterocycles. The smallest absolute Gasteiger partial charge is 0.158 e. The van der Waals surface area contributed by atoms with Crippen LogP contribution in [0.25, 0.3) is 5.52 Å². The second kappa shape index (κ2) is 8.77. The topological polar surface area (TPSA) is 99.8 Å². The molecule has 5 rings (SSSR count). The lowest BCUT2D eigenvalue weighted by Crippen LogP contribution is -2.59. The highest BCUT2D eigenvalue weighted by atomic mass is 16.5. The minimum atomic E-state index is -0.603. The maximum absolute atomic E-state index is 10.0. The van der Waals surface area contributed by atoms with Gasteiger partial charge in [-0.25, -0.2) is 14.5 Å². The van der Waals surface area contributed by atoms with Gasteiger partial charge in [0.2, 0.25) is 0 Å². The molecule has 34 heavy (non-hydrogen) atoms. The Labute approximate surface area is 197 Å². The first-order valence-electron chi connectivity index (χ1n) is 11.1. The van der Waals surface area contributed by atoms with Crippen LogP contribution in [0.4, 0.5) is 17.3 Å². The van der Waals surface area contributed by atoms with Gasteiger partial charge in [0.15, 0.2) is 5.82 Å². The van der Waals surface area contributed by atoms with E-state index in [9.17, 15) is 5.11 Å². The fraction of sp³-hybridized carbons (Fsp3) is 0.240. The molecule has 0 saturated carbocycles. The lowest BCUT2D eigenvalue weighted by atomic mass is 9.96. The molecule has 1 fully saturated rings. The first kappa shape index (κ1) is 21.9. The Kier molecular flexibility index (Phi) is 5.64. The standard InChI is InChI=1S/C25H27N7O2/c1-4-26-22-12-20(7-9-27-22)34-21-6-5-19(11-17(21)2)30-24-23-18(8-10-32(23)29-16-28-24)13-31-14-25(3,33)15-31/h4-12,16,33H,1,13-15H2,2-3H3,(H,26,27)(H,28,29,30). The van der Waals surface area contributed by atoms with E-state index in [2.05, 4.69) is 43.2 Å². The molecule has 174 valence electrons. The molecule has 1 aromatic carbocycles. The lowest BCUT2D eigenvalue weighted by Gasteiger charge is -2.44. The number of ether oxygens (including phenoxy) is 1. The number of aromatic nitrogens is 4. The highest BCUT2D eigenvalue weighted by molar-refractivity contribution is 5.76. The van der Waals surface area contributed by atoms with Gasteiger partial charge in [-0.1, -0.05) is 6.58 Å². The maximum atomic E-state index is 10.0. The Balaban J connectivity index is 1.35. The highest BCUT2D eigenvalue weighted by Crippen LogP contribution is 2.31. The molecule has 0 radical (unpaired) electrons. The number of anilines is 3. The van der Waals surface area contributed by atoms with Crippen molar-refractivity contribution in [2.45, 2.75) is 26.0 Å². The number of nitrogens with one attached hydrogen (secondary N) is 2. The summed E-state index contributed by atoms with van der Waals surface area (Å²) in [4.78, 5) is 10.9. The Bertz CT molecular complexity index is 1340. The lowest BCUT2D eigenvalue weighted by molar-refractivity contribution is -0.0869. The number of fused-ring (bicyclic) bond motifs is 1. The van der Waals surface area contributed by atoms with E-state index in [1.54, 1.807) is 12.4 Å². The number of rotatable bonds is 8. The summed E-state index contributed by atoms with van der Waals surface area (Å²) in [6, 6.07) is 11.6. The zero-order chi connectivity index (χ0) is 23.7. The molecule has 0 spiro atoms. The van der Waals surface area contributed by atoms with Crippen molar-refractivity contribution in [1.29, 1.82) is 0 Å². The van der Waals surface area contributed by atoms with Gasteiger partial charge in [-0.3, -0.25) is 4.90 Å². The molecular weight excluding hydrogens is 430 g/mol. The van der Waals surface area contributed by atoms with E-state index in [-0.39, 0.29) is 0 Å². The summed E-state index contributed by atoms with van der Waals surface area (Å²) in [6.07, 6.45) is 6.73. The largest absolute Gasteiger partial charge is 0.457 e. The summed E-state index contributed by atoms with van der Waals surface area (Å²) < 4.78 is 7.88. The molecule has 0 atom stereocenters. The molecule has 0 bridgehead atoms. The van der Waals surface area contributed by atoms with E-state index in [1.165, 1.54) is 6.33 Å². The first-order valence-corrected chi connectivity index (χ1v) is 11.1. The van der Waals surface area contributed by atoms with E-state index >= 15 is 0 Å². The number of aryl methyl sites for hydroxylation is 1. The molecule has 1 aliphatic rings. The molecule has 0 aliphatic carbocycles. The Morgan fingerprint density at radius 2 is 2.06 bits per heavy atom. The second-order valence-corrected chi connectivity index (χ2v) is 8.82. The van der Waals surface area contributed by atoms with Gasteiger partial charge in [-0.15, -0.1) is 0 Å². The first-order chi connectivity index (χ1) is 16.4. The number of β-amino-alcohol motifs (C(OH)–C–C–N with tert-alkyl or cyclic N) is 1. The number of nitrogens with zero attached hydrogens (tertiary/aromatic N) is 5. The minimum Gasteiger partial charge on any atom is -0.457 e. The van der Waals surface area contributed by atoms with Crippen molar-refractivity contribution < 1.29 is 9.84 Å². The predicted molar refractivity (Wildman–Crippen MR) is 131 cm³/mol. The van der Waals surface area contributed by atoms with E-state index in [1.807, 2.05) is 54.9 Å². The van der Waals surface area contributed by atoms with Crippen molar-refractivity contribution in [1.82, 2.24) is 24.5 Å². The number of likely N-dealkylation sites (tertiary alicyclic amines) is 1. The molecule has 1 saturated heterocycles. The average molecular weight is 458 g/mol. The van der Waals surface area contributed by atoms with Crippen molar-refractivity contribution in [2.75, 3.05) is 23.7 Å². The third-order valence-electron chi connectivity index (χ3n) is 5.71. The molecule has 0 unspecified atom stereocenters. The van der Waals surface area contributed by atoms with Crippen LogP contribution in [-0.4, -0.2) is 48.3 Å². The normalized spacial score (nSPS) is 15.0. The van der Waals surface area contributed by atoms with Gasteiger partial charge in [0.05, 0.1) is 5.60 Å². The van der Waals surface area contributed by atoms with Gasteiger partial charge in [0.25, 0.3) is 0 Å². The SMILES string of the molecule is C=CNc1cc(Oc2ccc(Nc3ncnn4ccc(CN5CC(C)(O)C5)c34)cc2C)ccn1. The Hall–Kier alpha value is -3.95. The van der Waals surface area contributed by atoms with Crippen LogP contribution in [0.15, 0.2) is 67.9 Å². The maximum Gasteiger partial charge on any atom is 0.158 e. The third-order valence-corrected chi connectivity index (χ3v) is 5.71. The second-order valence-electron chi connectivity index (χ2n) is 8.82. The van der Waals surface area contributed by atoms with Crippen LogP contribution in [-0.2, 0) is 6.54 Å². The average Bonchev–Trinajstić information content (AvgIpc) is 3.19. The highest BCUT2D eigenvalue weighted by Gasteiger charge is 2.36. The van der Waals surface area contributed by atoms with E-state index in [0.717, 1.165) is 40.4 Å². The van der Waals surface area contributed by atoms with Gasteiger partial charge in [0, 0.05) is 43.8 Å². The van der Waals surface area contributed by atoms with Crippen LogP contribution in [0.3, 0.4) is 0 Å². The zero-order valence-electron chi connectivity index (χ0n) is 19.2. The van der Waals surface area contributed by atoms with Crippen molar-refractivity contribution in [2.24, 2.45) is 0 Å². The molecule has 9 heteroatoms. The molecule has 1 aliphatic heterocycles. The van der Waals surface area contributed by atoms with Crippen molar-refractivity contribution in [3.63, 3.8) is 0 Å². The van der Waals surface area contributed by atoms with Crippen molar-refractivity contribution in [3.8, 4) is 11.5 Å². The summed E-state index contributed by atoms with van der Waals surface area (Å²) in [6.45, 7) is 9.56. The number of benzene rings is 1. The molecule has 4 aromatic rings. The predicted octanol–water partition coefficient (Wildman–Crippen LogP) is 4.09. The number of hydrogen-bond acceptors (Lipinski definition) is 8. The number of aliphatic hydroxyl groups is 1. The van der Waals surface area contributed by atoms with Gasteiger partial charge < -0.3 is 20.5 Å². The van der Waals surface area contributed by atoms with Gasteiger partial charge in [-0.05, 0) is 61.5 Å². The fourth-order valence-electron chi connectivity index (χ4n) is 4.27. The summed E-state index contributed by atoms with van der Waals surface area (Å²) in [5, 5.41) is 20.8. The monoisotopic (exact) mass is 457 g/mol. The van der Waals surface area contributed by atoms with Crippen molar-refractivity contribution >= 4 is 22.8 Å². The van der Waals surface area contributed by atoms with Crippen molar-refractivity contribution in [3.05, 3.63) is 79.0 Å². The number of hydrogen-bond donors (Lipinski definition) is 3. The third kappa shape index (κ3) is 4.57. The van der Waals surface area contributed by atoms with Crippen LogP contribution >= 0.6 is 0 Å². The van der Waals surface area contributed by atoms with E-state index in [0.29, 0.717) is 24.7 Å². The van der Waals surface area contributed by atoms with Gasteiger partial charge in [-0.2, -0.15) is 5.10 Å². The minimum absolute atomic E-state index is 0.603. The van der Waals surface area contributed by atoms with Crippen LogP contribution < -0.4 is 15.4 Å². The molecular formula is C25H27N7O2. The summed E-state index contributed by atoms with van der Waals surface area (Å²) in [5.74, 6) is 2.83. The quantitative estimate of drug-likeness (QED) is 0.364. The van der Waals surface area contributed by atoms with Crippen LogP contribution in [0, 0.1) is 6.92 Å². The molecule has 0 amide bonds. The molecule has 3 aromatic heterocycles.